The van der Waals surface area contributed by atoms with Crippen molar-refractivity contribution in [3.05, 3.63) is 34.9 Å². The van der Waals surface area contributed by atoms with Crippen LogP contribution in [0.3, 0.4) is 0 Å². The molecule has 0 aromatic carbocycles. The number of hydrogen-bond acceptors (Lipinski definition) is 2. The zero-order chi connectivity index (χ0) is 11.4. The highest BCUT2D eigenvalue weighted by Crippen LogP contribution is 2.22. The van der Waals surface area contributed by atoms with Crippen LogP contribution in [0, 0.1) is 0 Å². The molecule has 1 rings (SSSR count). The van der Waals surface area contributed by atoms with Gasteiger partial charge in [-0.1, -0.05) is 17.7 Å². The van der Waals surface area contributed by atoms with Gasteiger partial charge in [0, 0.05) is 5.57 Å². The molecule has 3 heteroatoms. The zero-order valence-corrected chi connectivity index (χ0v) is 8.91. The van der Waals surface area contributed by atoms with E-state index in [2.05, 4.69) is 0 Å². The lowest BCUT2D eigenvalue weighted by Gasteiger charge is -2.11. The molecule has 0 saturated carbocycles. The van der Waals surface area contributed by atoms with Gasteiger partial charge in [-0.3, -0.25) is 4.79 Å². The molecule has 0 aliphatic heterocycles. The first-order valence-electron chi connectivity index (χ1n) is 4.85. The molecular formula is C12H14O3. The Morgan fingerprint density at radius 3 is 2.60 bits per heavy atom. The summed E-state index contributed by atoms with van der Waals surface area (Å²) < 4.78 is 0. The molecule has 0 radical (unpaired) electrons. The van der Waals surface area contributed by atoms with Crippen LogP contribution in [-0.2, 0) is 9.59 Å². The number of hydrogen-bond donors (Lipinski definition) is 1. The molecule has 0 saturated heterocycles. The summed E-state index contributed by atoms with van der Waals surface area (Å²) in [4.78, 5) is 22.4. The predicted octanol–water partition coefficient (Wildman–Crippen LogP) is 2.25. The molecule has 0 fully saturated rings. The van der Waals surface area contributed by atoms with E-state index >= 15 is 0 Å². The first kappa shape index (κ1) is 11.4. The van der Waals surface area contributed by atoms with E-state index in [1.165, 1.54) is 13.0 Å². The fraction of sp³-hybridized carbons (Fsp3) is 0.333. The summed E-state index contributed by atoms with van der Waals surface area (Å²) in [5.74, 6) is -1.23. The van der Waals surface area contributed by atoms with Gasteiger partial charge in [0.1, 0.15) is 0 Å². The van der Waals surface area contributed by atoms with Gasteiger partial charge in [-0.05, 0) is 32.8 Å². The van der Waals surface area contributed by atoms with Crippen LogP contribution < -0.4 is 0 Å². The van der Waals surface area contributed by atoms with Crippen molar-refractivity contribution in [2.24, 2.45) is 0 Å². The topological polar surface area (TPSA) is 54.4 Å². The summed E-state index contributed by atoms with van der Waals surface area (Å²) in [7, 11) is 0. The monoisotopic (exact) mass is 206 g/mol. The summed E-state index contributed by atoms with van der Waals surface area (Å²) in [6.07, 6.45) is 6.66. The van der Waals surface area contributed by atoms with Crippen molar-refractivity contribution >= 4 is 11.8 Å². The molecule has 15 heavy (non-hydrogen) atoms. The average molecular weight is 206 g/mol. The maximum Gasteiger partial charge on any atom is 0.336 e. The van der Waals surface area contributed by atoms with Crippen molar-refractivity contribution in [3.63, 3.8) is 0 Å². The molecule has 3 nitrogen and oxygen atoms in total. The van der Waals surface area contributed by atoms with Crippen LogP contribution in [-0.4, -0.2) is 16.9 Å². The number of aliphatic carboxylic acids is 1. The molecule has 1 N–H and O–H groups in total. The van der Waals surface area contributed by atoms with Crippen LogP contribution in [0.25, 0.3) is 0 Å². The van der Waals surface area contributed by atoms with Gasteiger partial charge >= 0.3 is 5.97 Å². The molecule has 0 atom stereocenters. The molecule has 0 heterocycles. The highest BCUT2D eigenvalue weighted by atomic mass is 16.4. The number of carboxylic acid groups (broad SMARTS) is 1. The Bertz CT molecular complexity index is 384. The summed E-state index contributed by atoms with van der Waals surface area (Å²) in [6, 6.07) is 0. The van der Waals surface area contributed by atoms with Gasteiger partial charge < -0.3 is 5.11 Å². The molecule has 0 aromatic rings. The molecule has 0 spiro atoms. The number of Topliss-reactive ketones (excluding diaryl/α,β-unsaturated/α-hetero) is 1. The molecule has 1 aliphatic carbocycles. The smallest absolute Gasteiger partial charge is 0.336 e. The number of allylic oxidation sites excluding steroid dienone is 4. The van der Waals surface area contributed by atoms with E-state index in [0.29, 0.717) is 5.57 Å². The second kappa shape index (κ2) is 4.73. The lowest BCUT2D eigenvalue weighted by molar-refractivity contribution is -0.132. The minimum atomic E-state index is -1.05. The predicted molar refractivity (Wildman–Crippen MR) is 57.5 cm³/mol. The van der Waals surface area contributed by atoms with Crippen molar-refractivity contribution in [1.82, 2.24) is 0 Å². The summed E-state index contributed by atoms with van der Waals surface area (Å²) in [5, 5.41) is 9.00. The second-order valence-corrected chi connectivity index (χ2v) is 3.56. The maximum atomic E-state index is 11.4. The number of carboxylic acids is 1. The van der Waals surface area contributed by atoms with Gasteiger partial charge in [0.15, 0.2) is 5.78 Å². The Morgan fingerprint density at radius 1 is 1.40 bits per heavy atom. The van der Waals surface area contributed by atoms with Gasteiger partial charge in [-0.25, -0.2) is 4.79 Å². The quantitative estimate of drug-likeness (QED) is 0.753. The number of carbonyl (C=O) groups excluding carboxylic acids is 1. The molecule has 0 amide bonds. The van der Waals surface area contributed by atoms with E-state index in [-0.39, 0.29) is 11.4 Å². The molecule has 80 valence electrons. The van der Waals surface area contributed by atoms with E-state index < -0.39 is 5.97 Å². The summed E-state index contributed by atoms with van der Waals surface area (Å²) in [6.45, 7) is 3.22. The highest BCUT2D eigenvalue weighted by Gasteiger charge is 2.19. The first-order chi connectivity index (χ1) is 7.04. The SMILES string of the molecule is CC(=O)C1=C(C)CCC=C/C=C\1C(=O)O. The van der Waals surface area contributed by atoms with E-state index in [0.717, 1.165) is 18.4 Å². The zero-order valence-electron chi connectivity index (χ0n) is 8.91. The Hall–Kier alpha value is -1.64. The van der Waals surface area contributed by atoms with Gasteiger partial charge in [0.25, 0.3) is 0 Å². The lowest BCUT2D eigenvalue weighted by Crippen LogP contribution is -2.12. The minimum absolute atomic E-state index is 0.0935. The van der Waals surface area contributed by atoms with E-state index in [1.807, 2.05) is 13.0 Å². The van der Waals surface area contributed by atoms with E-state index in [9.17, 15) is 9.59 Å². The van der Waals surface area contributed by atoms with Crippen molar-refractivity contribution in [2.75, 3.05) is 0 Å². The molecule has 0 bridgehead atoms. The van der Waals surface area contributed by atoms with E-state index in [4.69, 9.17) is 5.11 Å². The lowest BCUT2D eigenvalue weighted by atomic mass is 9.93. The molecular weight excluding hydrogens is 192 g/mol. The fourth-order valence-electron chi connectivity index (χ4n) is 1.67. The second-order valence-electron chi connectivity index (χ2n) is 3.56. The van der Waals surface area contributed by atoms with Gasteiger partial charge in [-0.2, -0.15) is 0 Å². The maximum absolute atomic E-state index is 11.4. The largest absolute Gasteiger partial charge is 0.478 e. The van der Waals surface area contributed by atoms with Crippen LogP contribution >= 0.6 is 0 Å². The van der Waals surface area contributed by atoms with Crippen molar-refractivity contribution in [1.29, 1.82) is 0 Å². The molecule has 0 aromatic heterocycles. The Kier molecular flexibility index (Phi) is 3.61. The third-order valence-electron chi connectivity index (χ3n) is 2.36. The summed E-state index contributed by atoms with van der Waals surface area (Å²) in [5.41, 5.74) is 1.29. The standard InChI is InChI=1S/C12H14O3/c1-8-6-4-3-5-7-10(12(14)15)11(8)9(2)13/h3,5,7H,4,6H2,1-2H3,(H,14,15)/b5-3?,10-7+,11-8?. The third-order valence-corrected chi connectivity index (χ3v) is 2.36. The Labute approximate surface area is 88.8 Å². The van der Waals surface area contributed by atoms with Crippen LogP contribution in [0.2, 0.25) is 0 Å². The molecule has 1 aliphatic rings. The van der Waals surface area contributed by atoms with Crippen LogP contribution in [0.15, 0.2) is 34.9 Å². The Morgan fingerprint density at radius 2 is 2.07 bits per heavy atom. The molecule has 0 unspecified atom stereocenters. The van der Waals surface area contributed by atoms with Crippen LogP contribution in [0.4, 0.5) is 0 Å². The van der Waals surface area contributed by atoms with Crippen molar-refractivity contribution in [3.8, 4) is 0 Å². The van der Waals surface area contributed by atoms with Gasteiger partial charge in [-0.15, -0.1) is 0 Å². The average Bonchev–Trinajstić information content (AvgIpc) is 2.09. The van der Waals surface area contributed by atoms with Crippen LogP contribution in [0.1, 0.15) is 26.7 Å². The number of ketones is 1. The normalized spacial score (nSPS) is 20.3. The van der Waals surface area contributed by atoms with Gasteiger partial charge in [0.2, 0.25) is 0 Å². The van der Waals surface area contributed by atoms with Crippen molar-refractivity contribution < 1.29 is 14.7 Å². The van der Waals surface area contributed by atoms with Crippen molar-refractivity contribution in [2.45, 2.75) is 26.7 Å². The number of rotatable bonds is 2. The highest BCUT2D eigenvalue weighted by molar-refractivity contribution is 6.09. The van der Waals surface area contributed by atoms with E-state index in [1.54, 1.807) is 6.08 Å². The fourth-order valence-corrected chi connectivity index (χ4v) is 1.67. The first-order valence-corrected chi connectivity index (χ1v) is 4.85. The minimum Gasteiger partial charge on any atom is -0.478 e. The third kappa shape index (κ3) is 2.65. The summed E-state index contributed by atoms with van der Waals surface area (Å²) >= 11 is 0. The Balaban J connectivity index is 3.31. The van der Waals surface area contributed by atoms with Crippen LogP contribution in [0.5, 0.6) is 0 Å². The number of carbonyl (C=O) groups is 2. The van der Waals surface area contributed by atoms with Gasteiger partial charge in [0.05, 0.1) is 5.57 Å².